The molecular formula is C15H12BrFO. The van der Waals surface area contributed by atoms with E-state index >= 15 is 0 Å². The lowest BCUT2D eigenvalue weighted by Gasteiger charge is -2.03. The smallest absolute Gasteiger partial charge is 0.163 e. The topological polar surface area (TPSA) is 17.1 Å². The lowest BCUT2D eigenvalue weighted by atomic mass is 10.0. The molecule has 0 bridgehead atoms. The predicted molar refractivity (Wildman–Crippen MR) is 74.6 cm³/mol. The molecule has 2 aromatic carbocycles. The molecular weight excluding hydrogens is 295 g/mol. The Morgan fingerprint density at radius 1 is 0.944 bits per heavy atom. The first kappa shape index (κ1) is 13.0. The molecule has 0 aliphatic carbocycles. The van der Waals surface area contributed by atoms with Gasteiger partial charge in [0.25, 0.3) is 0 Å². The van der Waals surface area contributed by atoms with Gasteiger partial charge in [-0.05, 0) is 23.3 Å². The van der Waals surface area contributed by atoms with Crippen LogP contribution in [0.1, 0.15) is 16.8 Å². The number of rotatable bonds is 4. The molecule has 0 fully saturated rings. The third kappa shape index (κ3) is 3.05. The molecule has 0 spiro atoms. The van der Waals surface area contributed by atoms with E-state index in [0.29, 0.717) is 17.3 Å². The number of hydrogen-bond acceptors (Lipinski definition) is 1. The van der Waals surface area contributed by atoms with Crippen LogP contribution >= 0.6 is 15.9 Å². The molecule has 0 amide bonds. The first-order valence-corrected chi connectivity index (χ1v) is 6.78. The molecule has 0 radical (unpaired) electrons. The largest absolute Gasteiger partial charge is 0.294 e. The van der Waals surface area contributed by atoms with Crippen LogP contribution in [0.5, 0.6) is 0 Å². The van der Waals surface area contributed by atoms with Crippen molar-refractivity contribution in [1.82, 2.24) is 0 Å². The zero-order valence-electron chi connectivity index (χ0n) is 9.70. The molecule has 92 valence electrons. The van der Waals surface area contributed by atoms with Gasteiger partial charge in [0, 0.05) is 17.3 Å². The van der Waals surface area contributed by atoms with Crippen LogP contribution in [0.3, 0.4) is 0 Å². The van der Waals surface area contributed by atoms with Crippen LogP contribution in [0, 0.1) is 5.82 Å². The molecule has 0 saturated heterocycles. The van der Waals surface area contributed by atoms with Crippen LogP contribution < -0.4 is 0 Å². The van der Waals surface area contributed by atoms with Crippen LogP contribution in [-0.4, -0.2) is 11.1 Å². The maximum absolute atomic E-state index is 12.8. The minimum absolute atomic E-state index is 0.123. The van der Waals surface area contributed by atoms with Crippen molar-refractivity contribution in [3.05, 3.63) is 59.9 Å². The van der Waals surface area contributed by atoms with E-state index < -0.39 is 0 Å². The van der Waals surface area contributed by atoms with Gasteiger partial charge in [0.1, 0.15) is 5.82 Å². The molecule has 18 heavy (non-hydrogen) atoms. The number of hydrogen-bond donors (Lipinski definition) is 0. The van der Waals surface area contributed by atoms with E-state index in [0.717, 1.165) is 11.1 Å². The highest BCUT2D eigenvalue weighted by Crippen LogP contribution is 2.20. The average molecular weight is 307 g/mol. The second-order valence-electron chi connectivity index (χ2n) is 3.95. The van der Waals surface area contributed by atoms with Crippen molar-refractivity contribution in [3.63, 3.8) is 0 Å². The Hall–Kier alpha value is -1.48. The molecule has 0 aliphatic rings. The molecule has 0 saturated carbocycles. The lowest BCUT2D eigenvalue weighted by Crippen LogP contribution is -1.98. The highest BCUT2D eigenvalue weighted by Gasteiger charge is 2.05. The molecule has 0 atom stereocenters. The summed E-state index contributed by atoms with van der Waals surface area (Å²) in [5.41, 5.74) is 2.63. The number of Topliss-reactive ketones (excluding diaryl/α,β-unsaturated/α-hetero) is 1. The van der Waals surface area contributed by atoms with Gasteiger partial charge in [-0.25, -0.2) is 4.39 Å². The maximum atomic E-state index is 12.8. The van der Waals surface area contributed by atoms with Gasteiger partial charge in [-0.2, -0.15) is 0 Å². The number of benzene rings is 2. The molecule has 0 heterocycles. The lowest BCUT2D eigenvalue weighted by molar-refractivity contribution is 0.0990. The molecule has 3 heteroatoms. The standard InChI is InChI=1S/C15H12BrFO/c16-10-9-15(18)13-3-1-11(2-4-13)12-5-7-14(17)8-6-12/h1-8H,9-10H2. The number of carbonyl (C=O) groups is 1. The van der Waals surface area contributed by atoms with Gasteiger partial charge in [0.05, 0.1) is 0 Å². The molecule has 0 aliphatic heterocycles. The van der Waals surface area contributed by atoms with Gasteiger partial charge in [-0.1, -0.05) is 52.3 Å². The Morgan fingerprint density at radius 3 is 1.94 bits per heavy atom. The van der Waals surface area contributed by atoms with Crippen molar-refractivity contribution in [3.8, 4) is 11.1 Å². The Labute approximate surface area is 114 Å². The Morgan fingerprint density at radius 2 is 1.44 bits per heavy atom. The van der Waals surface area contributed by atoms with Gasteiger partial charge in [-0.3, -0.25) is 4.79 Å². The van der Waals surface area contributed by atoms with Gasteiger partial charge in [0.2, 0.25) is 0 Å². The van der Waals surface area contributed by atoms with E-state index in [1.54, 1.807) is 12.1 Å². The summed E-state index contributed by atoms with van der Waals surface area (Å²) in [5, 5.41) is 0.672. The SMILES string of the molecule is O=C(CCBr)c1ccc(-c2ccc(F)cc2)cc1. The summed E-state index contributed by atoms with van der Waals surface area (Å²) in [5.74, 6) is -0.125. The van der Waals surface area contributed by atoms with Crippen LogP contribution in [0.25, 0.3) is 11.1 Å². The first-order chi connectivity index (χ1) is 8.70. The normalized spacial score (nSPS) is 10.3. The zero-order chi connectivity index (χ0) is 13.0. The van der Waals surface area contributed by atoms with E-state index in [-0.39, 0.29) is 11.6 Å². The number of ketones is 1. The van der Waals surface area contributed by atoms with E-state index in [2.05, 4.69) is 15.9 Å². The predicted octanol–water partition coefficient (Wildman–Crippen LogP) is 4.46. The Bertz CT molecular complexity index is 531. The molecule has 1 nitrogen and oxygen atoms in total. The van der Waals surface area contributed by atoms with E-state index in [9.17, 15) is 9.18 Å². The summed E-state index contributed by atoms with van der Waals surface area (Å²) in [6.45, 7) is 0. The first-order valence-electron chi connectivity index (χ1n) is 5.66. The second kappa shape index (κ2) is 5.91. The summed E-state index contributed by atoms with van der Waals surface area (Å²) >= 11 is 3.25. The van der Waals surface area contributed by atoms with Crippen molar-refractivity contribution in [2.45, 2.75) is 6.42 Å². The molecule has 0 aromatic heterocycles. The van der Waals surface area contributed by atoms with Gasteiger partial charge >= 0.3 is 0 Å². The van der Waals surface area contributed by atoms with Crippen LogP contribution in [-0.2, 0) is 0 Å². The van der Waals surface area contributed by atoms with Crippen LogP contribution in [0.15, 0.2) is 48.5 Å². The average Bonchev–Trinajstić information content (AvgIpc) is 2.40. The summed E-state index contributed by atoms with van der Waals surface area (Å²) in [7, 11) is 0. The van der Waals surface area contributed by atoms with Crippen LogP contribution in [0.2, 0.25) is 0 Å². The highest BCUT2D eigenvalue weighted by molar-refractivity contribution is 9.09. The van der Waals surface area contributed by atoms with Crippen molar-refractivity contribution >= 4 is 21.7 Å². The summed E-state index contributed by atoms with van der Waals surface area (Å²) in [6.07, 6.45) is 0.496. The monoisotopic (exact) mass is 306 g/mol. The minimum atomic E-state index is -0.247. The van der Waals surface area contributed by atoms with Crippen molar-refractivity contribution < 1.29 is 9.18 Å². The van der Waals surface area contributed by atoms with Crippen LogP contribution in [0.4, 0.5) is 4.39 Å². The third-order valence-electron chi connectivity index (χ3n) is 2.71. The summed E-state index contributed by atoms with van der Waals surface area (Å²) in [4.78, 5) is 11.7. The van der Waals surface area contributed by atoms with Gasteiger partial charge in [-0.15, -0.1) is 0 Å². The fourth-order valence-electron chi connectivity index (χ4n) is 1.72. The van der Waals surface area contributed by atoms with E-state index in [4.69, 9.17) is 0 Å². The van der Waals surface area contributed by atoms with Crippen molar-refractivity contribution in [2.75, 3.05) is 5.33 Å². The quantitative estimate of drug-likeness (QED) is 0.602. The van der Waals surface area contributed by atoms with Crippen molar-refractivity contribution in [1.29, 1.82) is 0 Å². The molecule has 0 N–H and O–H groups in total. The number of alkyl halides is 1. The number of halogens is 2. The fraction of sp³-hybridized carbons (Fsp3) is 0.133. The Kier molecular flexibility index (Phi) is 4.26. The third-order valence-corrected chi connectivity index (χ3v) is 3.10. The summed E-state index contributed by atoms with van der Waals surface area (Å²) < 4.78 is 12.8. The van der Waals surface area contributed by atoms with Gasteiger partial charge in [0.15, 0.2) is 5.78 Å². The van der Waals surface area contributed by atoms with Gasteiger partial charge < -0.3 is 0 Å². The second-order valence-corrected chi connectivity index (χ2v) is 4.74. The van der Waals surface area contributed by atoms with Crippen molar-refractivity contribution in [2.24, 2.45) is 0 Å². The van der Waals surface area contributed by atoms with E-state index in [1.165, 1.54) is 12.1 Å². The minimum Gasteiger partial charge on any atom is -0.294 e. The zero-order valence-corrected chi connectivity index (χ0v) is 11.3. The molecule has 0 unspecified atom stereocenters. The Balaban J connectivity index is 2.22. The number of carbonyl (C=O) groups excluding carboxylic acids is 1. The maximum Gasteiger partial charge on any atom is 0.163 e. The summed E-state index contributed by atoms with van der Waals surface area (Å²) in [6, 6.07) is 13.7. The highest BCUT2D eigenvalue weighted by atomic mass is 79.9. The molecule has 2 aromatic rings. The molecule has 2 rings (SSSR count). The fourth-order valence-corrected chi connectivity index (χ4v) is 2.08. The van der Waals surface area contributed by atoms with E-state index in [1.807, 2.05) is 24.3 Å².